The summed E-state index contributed by atoms with van der Waals surface area (Å²) in [5, 5.41) is 17.3. The Balaban J connectivity index is 0.00000289. The predicted molar refractivity (Wildman–Crippen MR) is 69.1 cm³/mol. The van der Waals surface area contributed by atoms with Crippen LogP contribution in [-0.4, -0.2) is 24.2 Å². The monoisotopic (exact) mass is 277 g/mol. The molecule has 1 aromatic rings. The fourth-order valence-corrected chi connectivity index (χ4v) is 1.43. The number of hydrogen-bond donors (Lipinski definition) is 2. The first-order valence-electron chi connectivity index (χ1n) is 5.42. The van der Waals surface area contributed by atoms with Crippen molar-refractivity contribution in [3.05, 3.63) is 29.6 Å². The van der Waals surface area contributed by atoms with Crippen LogP contribution in [0.4, 0.5) is 4.39 Å². The van der Waals surface area contributed by atoms with Gasteiger partial charge in [0.05, 0.1) is 18.8 Å². The van der Waals surface area contributed by atoms with Gasteiger partial charge in [0, 0.05) is 0 Å². The highest BCUT2D eigenvalue weighted by Crippen LogP contribution is 2.29. The Morgan fingerprint density at radius 2 is 2.06 bits per heavy atom. The van der Waals surface area contributed by atoms with Crippen molar-refractivity contribution < 1.29 is 19.0 Å². The van der Waals surface area contributed by atoms with Gasteiger partial charge in [-0.25, -0.2) is 4.39 Å². The molecule has 0 aliphatic carbocycles. The summed E-state index contributed by atoms with van der Waals surface area (Å²) >= 11 is 0. The van der Waals surface area contributed by atoms with Crippen LogP contribution in [0.5, 0.6) is 5.75 Å². The fraction of sp³-hybridized carbons (Fsp3) is 0.417. The lowest BCUT2D eigenvalue weighted by atomic mass is 10.1. The highest BCUT2D eigenvalue weighted by atomic mass is 35.5. The van der Waals surface area contributed by atoms with E-state index in [1.165, 1.54) is 12.1 Å². The Labute approximate surface area is 112 Å². The van der Waals surface area contributed by atoms with Crippen LogP contribution in [0, 0.1) is 11.2 Å². The minimum atomic E-state index is -1.45. The summed E-state index contributed by atoms with van der Waals surface area (Å²) in [6.45, 7) is 4.04. The van der Waals surface area contributed by atoms with Gasteiger partial charge < -0.3 is 14.6 Å². The highest BCUT2D eigenvalue weighted by molar-refractivity contribution is 5.85. The largest absolute Gasteiger partial charge is 0.493 e. The van der Waals surface area contributed by atoms with Crippen molar-refractivity contribution in [2.24, 2.45) is 0 Å². The van der Waals surface area contributed by atoms with Crippen LogP contribution in [-0.2, 0) is 4.74 Å². The fourth-order valence-electron chi connectivity index (χ4n) is 1.43. The summed E-state index contributed by atoms with van der Waals surface area (Å²) < 4.78 is 23.7. The number of halogens is 2. The van der Waals surface area contributed by atoms with E-state index in [-0.39, 0.29) is 30.3 Å². The summed E-state index contributed by atoms with van der Waals surface area (Å²) in [4.78, 5) is 0. The van der Waals surface area contributed by atoms with E-state index in [2.05, 4.69) is 0 Å². The number of benzene rings is 1. The molecule has 0 heterocycles. The van der Waals surface area contributed by atoms with Crippen LogP contribution in [0.2, 0.25) is 0 Å². The quantitative estimate of drug-likeness (QED) is 0.642. The first-order valence-corrected chi connectivity index (χ1v) is 5.42. The standard InChI is InChI=1S/C12H16FNO3.ClH/c1-3-16-9-7-5-6-8(13)10(9)11(15)12(14)17-4-2;/h5-7,11,14-15H,3-4H2,1-2H3;1H. The summed E-state index contributed by atoms with van der Waals surface area (Å²) in [5.74, 6) is -0.782. The summed E-state index contributed by atoms with van der Waals surface area (Å²) in [7, 11) is 0. The molecule has 1 rings (SSSR count). The van der Waals surface area contributed by atoms with E-state index >= 15 is 0 Å². The maximum atomic E-state index is 13.6. The van der Waals surface area contributed by atoms with Gasteiger partial charge in [-0.2, -0.15) is 0 Å². The third-order valence-corrected chi connectivity index (χ3v) is 2.13. The third kappa shape index (κ3) is 3.85. The normalized spacial score (nSPS) is 11.3. The molecule has 4 nitrogen and oxygen atoms in total. The molecule has 1 atom stereocenters. The molecule has 102 valence electrons. The minimum absolute atomic E-state index is 0. The minimum Gasteiger partial charge on any atom is -0.493 e. The smallest absolute Gasteiger partial charge is 0.215 e. The topological polar surface area (TPSA) is 62.5 Å². The van der Waals surface area contributed by atoms with Crippen LogP contribution < -0.4 is 4.74 Å². The number of rotatable bonds is 5. The van der Waals surface area contributed by atoms with Crippen molar-refractivity contribution >= 4 is 18.3 Å². The van der Waals surface area contributed by atoms with E-state index in [1.807, 2.05) is 0 Å². The second-order valence-corrected chi connectivity index (χ2v) is 3.28. The van der Waals surface area contributed by atoms with Gasteiger partial charge in [-0.3, -0.25) is 5.41 Å². The summed E-state index contributed by atoms with van der Waals surface area (Å²) in [6, 6.07) is 4.24. The molecule has 0 bridgehead atoms. The van der Waals surface area contributed by atoms with Gasteiger partial charge in [0.15, 0.2) is 6.10 Å². The molecule has 1 aromatic carbocycles. The average molecular weight is 278 g/mol. The Hall–Kier alpha value is -1.33. The molecule has 0 aromatic heterocycles. The lowest BCUT2D eigenvalue weighted by Crippen LogP contribution is -2.17. The van der Waals surface area contributed by atoms with Gasteiger partial charge in [-0.05, 0) is 26.0 Å². The molecular formula is C12H17ClFNO3. The zero-order chi connectivity index (χ0) is 12.8. The molecule has 0 amide bonds. The molecule has 0 aliphatic heterocycles. The van der Waals surface area contributed by atoms with Crippen molar-refractivity contribution in [3.8, 4) is 5.75 Å². The van der Waals surface area contributed by atoms with Crippen molar-refractivity contribution in [2.45, 2.75) is 20.0 Å². The van der Waals surface area contributed by atoms with Crippen molar-refractivity contribution in [3.63, 3.8) is 0 Å². The van der Waals surface area contributed by atoms with Gasteiger partial charge in [0.2, 0.25) is 5.90 Å². The van der Waals surface area contributed by atoms with Crippen molar-refractivity contribution in [1.29, 1.82) is 5.41 Å². The van der Waals surface area contributed by atoms with Crippen molar-refractivity contribution in [2.75, 3.05) is 13.2 Å². The number of nitrogens with one attached hydrogen (secondary N) is 1. The Morgan fingerprint density at radius 3 is 2.61 bits per heavy atom. The van der Waals surface area contributed by atoms with E-state index < -0.39 is 17.8 Å². The molecule has 0 saturated heterocycles. The number of aliphatic hydroxyl groups excluding tert-OH is 1. The molecule has 6 heteroatoms. The molecule has 18 heavy (non-hydrogen) atoms. The Morgan fingerprint density at radius 1 is 1.39 bits per heavy atom. The number of ether oxygens (including phenoxy) is 2. The molecule has 0 radical (unpaired) electrons. The molecule has 0 saturated carbocycles. The van der Waals surface area contributed by atoms with Gasteiger partial charge in [-0.1, -0.05) is 6.07 Å². The maximum Gasteiger partial charge on any atom is 0.215 e. The van der Waals surface area contributed by atoms with Crippen LogP contribution in [0.3, 0.4) is 0 Å². The first kappa shape index (κ1) is 16.7. The Kier molecular flexibility index (Phi) is 7.31. The summed E-state index contributed by atoms with van der Waals surface area (Å²) in [5.41, 5.74) is -0.0622. The zero-order valence-electron chi connectivity index (χ0n) is 10.3. The highest BCUT2D eigenvalue weighted by Gasteiger charge is 2.23. The molecule has 0 aliphatic rings. The average Bonchev–Trinajstić information content (AvgIpc) is 2.29. The van der Waals surface area contributed by atoms with Gasteiger partial charge in [0.1, 0.15) is 11.6 Å². The van der Waals surface area contributed by atoms with E-state index in [9.17, 15) is 9.50 Å². The van der Waals surface area contributed by atoms with E-state index in [1.54, 1.807) is 19.9 Å². The molecular weight excluding hydrogens is 261 g/mol. The van der Waals surface area contributed by atoms with Crippen LogP contribution in [0.25, 0.3) is 0 Å². The van der Waals surface area contributed by atoms with Crippen LogP contribution >= 0.6 is 12.4 Å². The second kappa shape index (κ2) is 7.89. The van der Waals surface area contributed by atoms with Gasteiger partial charge in [0.25, 0.3) is 0 Å². The van der Waals surface area contributed by atoms with E-state index in [0.29, 0.717) is 6.61 Å². The SMILES string of the molecule is CCOC(=N)C(O)c1c(F)cccc1OCC.Cl. The summed E-state index contributed by atoms with van der Waals surface area (Å²) in [6.07, 6.45) is -1.45. The predicted octanol–water partition coefficient (Wildman–Crippen LogP) is 2.69. The Bertz CT molecular complexity index is 401. The maximum absolute atomic E-state index is 13.6. The number of hydrogen-bond acceptors (Lipinski definition) is 4. The lowest BCUT2D eigenvalue weighted by molar-refractivity contribution is 0.181. The van der Waals surface area contributed by atoms with E-state index in [4.69, 9.17) is 14.9 Å². The lowest BCUT2D eigenvalue weighted by Gasteiger charge is -2.17. The first-order chi connectivity index (χ1) is 8.11. The van der Waals surface area contributed by atoms with Crippen molar-refractivity contribution in [1.82, 2.24) is 0 Å². The third-order valence-electron chi connectivity index (χ3n) is 2.13. The number of aliphatic hydroxyl groups is 1. The molecule has 0 spiro atoms. The van der Waals surface area contributed by atoms with Gasteiger partial charge in [-0.15, -0.1) is 12.4 Å². The van der Waals surface area contributed by atoms with Gasteiger partial charge >= 0.3 is 0 Å². The van der Waals surface area contributed by atoms with Crippen LogP contribution in [0.15, 0.2) is 18.2 Å². The van der Waals surface area contributed by atoms with E-state index in [0.717, 1.165) is 0 Å². The molecule has 2 N–H and O–H groups in total. The van der Waals surface area contributed by atoms with Crippen LogP contribution in [0.1, 0.15) is 25.5 Å². The molecule has 1 unspecified atom stereocenters. The second-order valence-electron chi connectivity index (χ2n) is 3.28. The molecule has 0 fully saturated rings. The zero-order valence-corrected chi connectivity index (χ0v) is 11.1.